The molecule has 0 aromatic heterocycles. The first-order chi connectivity index (χ1) is 15.3. The Hall–Kier alpha value is -2.63. The van der Waals surface area contributed by atoms with E-state index in [0.29, 0.717) is 0 Å². The molecule has 3 fully saturated rings. The SMILES string of the molecule is O=C(CN1C(=O)[C@@H]2[C@@H](C1=O)[C@H]1C=C[C@H]2C1)Nc1ccc(F)c(S(=O)(=O)N2CCOCC2)c1. The van der Waals surface area contributed by atoms with E-state index in [0.717, 1.165) is 27.8 Å². The molecular formula is C21H22FN3O6S. The molecule has 4 atom stereocenters. The van der Waals surface area contributed by atoms with E-state index in [2.05, 4.69) is 5.32 Å². The zero-order chi connectivity index (χ0) is 22.6. The molecule has 0 radical (unpaired) electrons. The summed E-state index contributed by atoms with van der Waals surface area (Å²) >= 11 is 0. The molecular weight excluding hydrogens is 441 g/mol. The molecule has 0 spiro atoms. The molecule has 11 heteroatoms. The number of halogens is 1. The van der Waals surface area contributed by atoms with Crippen LogP contribution in [0, 0.1) is 29.5 Å². The lowest BCUT2D eigenvalue weighted by atomic mass is 9.85. The van der Waals surface area contributed by atoms with Crippen molar-refractivity contribution in [1.82, 2.24) is 9.21 Å². The van der Waals surface area contributed by atoms with Crippen LogP contribution in [0.3, 0.4) is 0 Å². The first kappa shape index (κ1) is 21.2. The van der Waals surface area contributed by atoms with Crippen LogP contribution in [0.15, 0.2) is 35.2 Å². The fourth-order valence-corrected chi connectivity index (χ4v) is 6.67. The average Bonchev–Trinajstić information content (AvgIpc) is 3.46. The third kappa shape index (κ3) is 3.35. The molecule has 32 heavy (non-hydrogen) atoms. The second-order valence-corrected chi connectivity index (χ2v) is 10.4. The third-order valence-corrected chi connectivity index (χ3v) is 8.58. The number of morpholine rings is 1. The molecule has 9 nitrogen and oxygen atoms in total. The van der Waals surface area contributed by atoms with Gasteiger partial charge >= 0.3 is 0 Å². The quantitative estimate of drug-likeness (QED) is 0.505. The van der Waals surface area contributed by atoms with Gasteiger partial charge in [0, 0.05) is 18.8 Å². The Morgan fingerprint density at radius 3 is 2.34 bits per heavy atom. The van der Waals surface area contributed by atoms with Gasteiger partial charge in [0.2, 0.25) is 27.7 Å². The maximum absolute atomic E-state index is 14.3. The number of ether oxygens (including phenoxy) is 1. The van der Waals surface area contributed by atoms with Crippen molar-refractivity contribution >= 4 is 33.4 Å². The van der Waals surface area contributed by atoms with Gasteiger partial charge in [0.05, 0.1) is 25.0 Å². The summed E-state index contributed by atoms with van der Waals surface area (Å²) in [5.74, 6) is -3.01. The molecule has 1 aromatic carbocycles. The van der Waals surface area contributed by atoms with Crippen LogP contribution < -0.4 is 5.32 Å². The van der Waals surface area contributed by atoms with Crippen LogP contribution >= 0.6 is 0 Å². The highest BCUT2D eigenvalue weighted by atomic mass is 32.2. The molecule has 4 aliphatic rings. The van der Waals surface area contributed by atoms with Crippen LogP contribution in [-0.4, -0.2) is 68.2 Å². The van der Waals surface area contributed by atoms with Crippen LogP contribution in [0.2, 0.25) is 0 Å². The molecule has 0 unspecified atom stereocenters. The Bertz CT molecular complexity index is 1100. The van der Waals surface area contributed by atoms with E-state index in [-0.39, 0.29) is 55.6 Å². The first-order valence-electron chi connectivity index (χ1n) is 10.5. The van der Waals surface area contributed by atoms with E-state index in [4.69, 9.17) is 4.74 Å². The van der Waals surface area contributed by atoms with Gasteiger partial charge in [-0.15, -0.1) is 0 Å². The van der Waals surface area contributed by atoms with Crippen LogP contribution in [0.25, 0.3) is 0 Å². The predicted octanol–water partition coefficient (Wildman–Crippen LogP) is 0.592. The summed E-state index contributed by atoms with van der Waals surface area (Å²) in [7, 11) is -4.11. The van der Waals surface area contributed by atoms with Gasteiger partial charge in [-0.25, -0.2) is 12.8 Å². The number of carbonyl (C=O) groups excluding carboxylic acids is 3. The van der Waals surface area contributed by atoms with Gasteiger partial charge in [-0.2, -0.15) is 4.31 Å². The maximum atomic E-state index is 14.3. The minimum absolute atomic E-state index is 0.0413. The molecule has 1 aromatic rings. The Morgan fingerprint density at radius 1 is 1.09 bits per heavy atom. The van der Waals surface area contributed by atoms with Gasteiger partial charge in [0.15, 0.2) is 0 Å². The van der Waals surface area contributed by atoms with Gasteiger partial charge in [-0.05, 0) is 36.5 Å². The highest BCUT2D eigenvalue weighted by Gasteiger charge is 2.59. The van der Waals surface area contributed by atoms with E-state index >= 15 is 0 Å². The topological polar surface area (TPSA) is 113 Å². The van der Waals surface area contributed by atoms with E-state index < -0.39 is 45.0 Å². The standard InChI is InChI=1S/C21H22FN3O6S/c22-15-4-3-14(10-16(15)32(29,30)24-5-7-31-8-6-24)23-17(26)11-25-20(27)18-12-1-2-13(9-12)19(18)21(25)28/h1-4,10,12-13,18-19H,5-9,11H2,(H,23,26)/t12-,13-,18-,19-/m0/s1. The fourth-order valence-electron chi connectivity index (χ4n) is 5.17. The number of benzene rings is 1. The number of rotatable bonds is 5. The average molecular weight is 463 g/mol. The summed E-state index contributed by atoms with van der Waals surface area (Å²) in [6.45, 7) is 0.184. The largest absolute Gasteiger partial charge is 0.379 e. The van der Waals surface area contributed by atoms with Gasteiger partial charge in [-0.3, -0.25) is 19.3 Å². The van der Waals surface area contributed by atoms with Crippen LogP contribution in [-0.2, 0) is 29.1 Å². The molecule has 2 heterocycles. The summed E-state index contributed by atoms with van der Waals surface area (Å²) < 4.78 is 46.2. The molecule has 170 valence electrons. The highest BCUT2D eigenvalue weighted by Crippen LogP contribution is 2.52. The van der Waals surface area contributed by atoms with Crippen molar-refractivity contribution in [3.63, 3.8) is 0 Å². The molecule has 5 rings (SSSR count). The Morgan fingerprint density at radius 2 is 1.72 bits per heavy atom. The van der Waals surface area contributed by atoms with Crippen molar-refractivity contribution in [2.75, 3.05) is 38.2 Å². The smallest absolute Gasteiger partial charge is 0.246 e. The van der Waals surface area contributed by atoms with Crippen molar-refractivity contribution in [3.8, 4) is 0 Å². The molecule has 2 bridgehead atoms. The van der Waals surface area contributed by atoms with Gasteiger partial charge < -0.3 is 10.1 Å². The second kappa shape index (κ2) is 7.75. The highest BCUT2D eigenvalue weighted by molar-refractivity contribution is 7.89. The normalized spacial score (nSPS) is 29.6. The first-order valence-corrected chi connectivity index (χ1v) is 11.9. The van der Waals surface area contributed by atoms with Crippen LogP contribution in [0.5, 0.6) is 0 Å². The molecule has 1 saturated carbocycles. The molecule has 3 amide bonds. The van der Waals surface area contributed by atoms with Crippen molar-refractivity contribution in [2.45, 2.75) is 11.3 Å². The monoisotopic (exact) mass is 463 g/mol. The zero-order valence-corrected chi connectivity index (χ0v) is 17.9. The number of allylic oxidation sites excluding steroid dienone is 2. The summed E-state index contributed by atoms with van der Waals surface area (Å²) in [5.41, 5.74) is 0.0595. The number of anilines is 1. The lowest BCUT2D eigenvalue weighted by Crippen LogP contribution is -2.41. The number of hydrogen-bond donors (Lipinski definition) is 1. The Balaban J connectivity index is 1.30. The number of sulfonamides is 1. The van der Waals surface area contributed by atoms with Crippen molar-refractivity contribution in [3.05, 3.63) is 36.2 Å². The van der Waals surface area contributed by atoms with E-state index in [1.165, 1.54) is 6.07 Å². The van der Waals surface area contributed by atoms with Crippen LogP contribution in [0.1, 0.15) is 6.42 Å². The number of amides is 3. The summed E-state index contributed by atoms with van der Waals surface area (Å²) in [4.78, 5) is 38.4. The van der Waals surface area contributed by atoms with Gasteiger partial charge in [0.1, 0.15) is 17.3 Å². The molecule has 2 aliphatic heterocycles. The Kier molecular flexibility index (Phi) is 5.14. The number of nitrogens with one attached hydrogen (secondary N) is 1. The molecule has 1 N–H and O–H groups in total. The predicted molar refractivity (Wildman–Crippen MR) is 109 cm³/mol. The zero-order valence-electron chi connectivity index (χ0n) is 17.1. The number of hydrogen-bond acceptors (Lipinski definition) is 6. The third-order valence-electron chi connectivity index (χ3n) is 6.67. The summed E-state index contributed by atoms with van der Waals surface area (Å²) in [6.07, 6.45) is 4.73. The fraction of sp³-hybridized carbons (Fsp3) is 0.476. The lowest BCUT2D eigenvalue weighted by Gasteiger charge is -2.26. The summed E-state index contributed by atoms with van der Waals surface area (Å²) in [5, 5.41) is 2.48. The van der Waals surface area contributed by atoms with Crippen molar-refractivity contribution in [2.24, 2.45) is 23.7 Å². The van der Waals surface area contributed by atoms with E-state index in [9.17, 15) is 27.2 Å². The molecule has 2 saturated heterocycles. The minimum Gasteiger partial charge on any atom is -0.379 e. The van der Waals surface area contributed by atoms with E-state index in [1.807, 2.05) is 12.2 Å². The van der Waals surface area contributed by atoms with Crippen molar-refractivity contribution < 1.29 is 31.9 Å². The maximum Gasteiger partial charge on any atom is 0.246 e. The van der Waals surface area contributed by atoms with Crippen molar-refractivity contribution in [1.29, 1.82) is 0 Å². The number of carbonyl (C=O) groups is 3. The van der Waals surface area contributed by atoms with E-state index in [1.54, 1.807) is 0 Å². The number of imide groups is 1. The minimum atomic E-state index is -4.11. The summed E-state index contributed by atoms with van der Waals surface area (Å²) in [6, 6.07) is 3.24. The Labute approximate surface area is 184 Å². The number of nitrogens with zero attached hydrogens (tertiary/aromatic N) is 2. The number of fused-ring (bicyclic) bond motifs is 5. The second-order valence-electron chi connectivity index (χ2n) is 8.47. The van der Waals surface area contributed by atoms with Crippen LogP contribution in [0.4, 0.5) is 10.1 Å². The molecule has 2 aliphatic carbocycles. The number of likely N-dealkylation sites (tertiary alicyclic amines) is 1. The lowest BCUT2D eigenvalue weighted by molar-refractivity contribution is -0.143. The van der Waals surface area contributed by atoms with Gasteiger partial charge in [-0.1, -0.05) is 12.2 Å². The van der Waals surface area contributed by atoms with Gasteiger partial charge in [0.25, 0.3) is 0 Å².